The Hall–Kier alpha value is -2.68. The Labute approximate surface area is 237 Å². The Morgan fingerprint density at radius 3 is 2.64 bits per heavy atom. The highest BCUT2D eigenvalue weighted by Gasteiger charge is 2.42. The van der Waals surface area contributed by atoms with Gasteiger partial charge in [-0.15, -0.1) is 0 Å². The maximum absolute atomic E-state index is 14.2. The Bertz CT molecular complexity index is 1400. The molecule has 0 bridgehead atoms. The topological polar surface area (TPSA) is 81.6 Å². The normalized spacial score (nSPS) is 24.7. The fourth-order valence-electron chi connectivity index (χ4n) is 6.29. The van der Waals surface area contributed by atoms with E-state index < -0.39 is 5.97 Å². The highest BCUT2D eigenvalue weighted by molar-refractivity contribution is 6.35. The molecule has 39 heavy (non-hydrogen) atoms. The molecule has 0 radical (unpaired) electrons. The number of aliphatic carboxylic acids is 1. The third kappa shape index (κ3) is 5.39. The van der Waals surface area contributed by atoms with E-state index >= 15 is 0 Å². The van der Waals surface area contributed by atoms with Crippen molar-refractivity contribution in [1.29, 1.82) is 0 Å². The maximum atomic E-state index is 14.2. The van der Waals surface area contributed by atoms with Crippen molar-refractivity contribution < 1.29 is 14.3 Å². The Kier molecular flexibility index (Phi) is 7.29. The van der Waals surface area contributed by atoms with Crippen LogP contribution in [0.15, 0.2) is 36.4 Å². The standard InChI is InChI=1S/C29H32Cl2FN5O2/c1-16(23-6-4-20(30)11-25(23)31)33-27-24-12-21(32)5-7-26(24)34-29(35-27)37-14-19(15-37)17-3-2-8-36(13-17)22-9-18(10-22)28(38)39/h4-7,11-12,16-19,22H,2-3,8-10,13-15H2,1H3,(H,38,39)(H,33,34,35)/t16-,17+,18?,22?/m1/s1. The van der Waals surface area contributed by atoms with Gasteiger partial charge in [0.1, 0.15) is 11.6 Å². The van der Waals surface area contributed by atoms with Gasteiger partial charge in [-0.2, -0.15) is 4.98 Å². The van der Waals surface area contributed by atoms with Crippen LogP contribution < -0.4 is 10.2 Å². The van der Waals surface area contributed by atoms with Crippen molar-refractivity contribution >= 4 is 51.8 Å². The SMILES string of the molecule is C[C@@H](Nc1nc(N2CC([C@H]3CCCN(C4CC(C(=O)O)C4)C3)C2)nc2ccc(F)cc12)c1ccc(Cl)cc1Cl. The second-order valence-corrected chi connectivity index (χ2v) is 12.1. The van der Waals surface area contributed by atoms with Crippen molar-refractivity contribution in [2.24, 2.45) is 17.8 Å². The van der Waals surface area contributed by atoms with Crippen molar-refractivity contribution in [3.63, 3.8) is 0 Å². The first kappa shape index (κ1) is 26.5. The number of piperidine rings is 1. The third-order valence-corrected chi connectivity index (χ3v) is 9.32. The zero-order chi connectivity index (χ0) is 27.3. The van der Waals surface area contributed by atoms with Crippen LogP contribution in [0.5, 0.6) is 0 Å². The molecule has 0 amide bonds. The highest BCUT2D eigenvalue weighted by atomic mass is 35.5. The zero-order valence-electron chi connectivity index (χ0n) is 21.8. The summed E-state index contributed by atoms with van der Waals surface area (Å²) in [5, 5.41) is 14.4. The van der Waals surface area contributed by atoms with Gasteiger partial charge >= 0.3 is 5.97 Å². The van der Waals surface area contributed by atoms with E-state index in [0.717, 1.165) is 51.0 Å². The number of carbonyl (C=O) groups is 1. The first-order chi connectivity index (χ1) is 18.7. The van der Waals surface area contributed by atoms with Crippen LogP contribution in [0.25, 0.3) is 10.9 Å². The van der Waals surface area contributed by atoms with Gasteiger partial charge in [-0.25, -0.2) is 9.37 Å². The average molecular weight is 573 g/mol. The number of rotatable bonds is 7. The lowest BCUT2D eigenvalue weighted by Gasteiger charge is -2.50. The first-order valence-corrected chi connectivity index (χ1v) is 14.4. The van der Waals surface area contributed by atoms with Crippen LogP contribution in [0, 0.1) is 23.6 Å². The third-order valence-electron chi connectivity index (χ3n) is 8.76. The van der Waals surface area contributed by atoms with Crippen LogP contribution in [-0.2, 0) is 4.79 Å². The van der Waals surface area contributed by atoms with E-state index in [1.54, 1.807) is 18.2 Å². The average Bonchev–Trinajstić information content (AvgIpc) is 2.82. The fourth-order valence-corrected chi connectivity index (χ4v) is 6.87. The number of anilines is 2. The van der Waals surface area contributed by atoms with E-state index in [-0.39, 0.29) is 17.8 Å². The van der Waals surface area contributed by atoms with Crippen molar-refractivity contribution in [2.45, 2.75) is 44.7 Å². The summed E-state index contributed by atoms with van der Waals surface area (Å²) >= 11 is 12.5. The molecule has 3 aliphatic rings. The zero-order valence-corrected chi connectivity index (χ0v) is 23.3. The van der Waals surface area contributed by atoms with Crippen LogP contribution in [0.3, 0.4) is 0 Å². The Balaban J connectivity index is 1.16. The van der Waals surface area contributed by atoms with Gasteiger partial charge in [-0.3, -0.25) is 4.79 Å². The van der Waals surface area contributed by atoms with E-state index in [1.807, 2.05) is 13.0 Å². The Morgan fingerprint density at radius 2 is 1.90 bits per heavy atom. The van der Waals surface area contributed by atoms with Crippen LogP contribution in [0.2, 0.25) is 10.0 Å². The van der Waals surface area contributed by atoms with Crippen molar-refractivity contribution in [1.82, 2.24) is 14.9 Å². The van der Waals surface area contributed by atoms with E-state index in [2.05, 4.69) is 15.1 Å². The highest BCUT2D eigenvalue weighted by Crippen LogP contribution is 2.39. The lowest BCUT2D eigenvalue weighted by atomic mass is 9.76. The summed E-state index contributed by atoms with van der Waals surface area (Å²) in [6.45, 7) is 5.85. The van der Waals surface area contributed by atoms with Gasteiger partial charge in [-0.1, -0.05) is 29.3 Å². The van der Waals surface area contributed by atoms with Crippen molar-refractivity contribution in [2.75, 3.05) is 36.4 Å². The molecule has 10 heteroatoms. The van der Waals surface area contributed by atoms with Gasteiger partial charge in [0.05, 0.1) is 17.5 Å². The smallest absolute Gasteiger partial charge is 0.306 e. The monoisotopic (exact) mass is 571 g/mol. The largest absolute Gasteiger partial charge is 0.481 e. The summed E-state index contributed by atoms with van der Waals surface area (Å²) in [6.07, 6.45) is 3.92. The molecule has 1 aliphatic carbocycles. The summed E-state index contributed by atoms with van der Waals surface area (Å²) in [6, 6.07) is 10.2. The number of fused-ring (bicyclic) bond motifs is 1. The number of aromatic nitrogens is 2. The van der Waals surface area contributed by atoms with Crippen molar-refractivity contribution in [3.05, 3.63) is 57.8 Å². The number of halogens is 3. The minimum atomic E-state index is -0.660. The first-order valence-electron chi connectivity index (χ1n) is 13.7. The molecule has 2 aromatic carbocycles. The molecule has 2 aliphatic heterocycles. The molecule has 206 valence electrons. The van der Waals surface area contributed by atoms with Gasteiger partial charge in [0.15, 0.2) is 0 Å². The molecule has 1 aromatic heterocycles. The lowest BCUT2D eigenvalue weighted by molar-refractivity contribution is -0.147. The number of likely N-dealkylation sites (tertiary alicyclic amines) is 1. The second kappa shape index (κ2) is 10.7. The van der Waals surface area contributed by atoms with E-state index in [0.29, 0.717) is 50.6 Å². The van der Waals surface area contributed by atoms with Gasteiger partial charge in [0, 0.05) is 41.1 Å². The van der Waals surface area contributed by atoms with Gasteiger partial charge in [0.25, 0.3) is 0 Å². The molecule has 3 aromatic rings. The molecule has 0 spiro atoms. The number of carboxylic acids is 1. The molecule has 7 nitrogen and oxygen atoms in total. The van der Waals surface area contributed by atoms with E-state index in [9.17, 15) is 14.3 Å². The molecule has 0 unspecified atom stereocenters. The van der Waals surface area contributed by atoms with Crippen LogP contribution >= 0.6 is 23.2 Å². The van der Waals surface area contributed by atoms with Gasteiger partial charge in [0.2, 0.25) is 5.95 Å². The molecular weight excluding hydrogens is 540 g/mol. The number of hydrogen-bond acceptors (Lipinski definition) is 6. The summed E-state index contributed by atoms with van der Waals surface area (Å²) in [5.74, 6) is 1.18. The minimum absolute atomic E-state index is 0.172. The minimum Gasteiger partial charge on any atom is -0.481 e. The molecule has 6 rings (SSSR count). The maximum Gasteiger partial charge on any atom is 0.306 e. The number of carboxylic acid groups (broad SMARTS) is 1. The number of benzene rings is 2. The lowest BCUT2D eigenvalue weighted by Crippen LogP contribution is -2.56. The van der Waals surface area contributed by atoms with Crippen molar-refractivity contribution in [3.8, 4) is 0 Å². The van der Waals surface area contributed by atoms with Gasteiger partial charge < -0.3 is 20.2 Å². The van der Waals surface area contributed by atoms with Crippen LogP contribution in [-0.4, -0.2) is 58.2 Å². The molecule has 2 saturated heterocycles. The number of hydrogen-bond donors (Lipinski definition) is 2. The summed E-state index contributed by atoms with van der Waals surface area (Å²) in [4.78, 5) is 25.6. The number of nitrogens with one attached hydrogen (secondary N) is 1. The van der Waals surface area contributed by atoms with Gasteiger partial charge in [-0.05, 0) is 86.9 Å². The summed E-state index contributed by atoms with van der Waals surface area (Å²) in [5.41, 5.74) is 1.56. The molecule has 2 N–H and O–H groups in total. The van der Waals surface area contributed by atoms with Crippen LogP contribution in [0.1, 0.15) is 44.2 Å². The summed E-state index contributed by atoms with van der Waals surface area (Å²) < 4.78 is 14.2. The predicted octanol–water partition coefficient (Wildman–Crippen LogP) is 6.26. The number of nitrogens with zero attached hydrogens (tertiary/aromatic N) is 4. The molecule has 2 atom stereocenters. The summed E-state index contributed by atoms with van der Waals surface area (Å²) in [7, 11) is 0. The second-order valence-electron chi connectivity index (χ2n) is 11.3. The fraction of sp³-hybridized carbons (Fsp3) is 0.483. The molecular formula is C29H32Cl2FN5O2. The van der Waals surface area contributed by atoms with E-state index in [1.165, 1.54) is 18.6 Å². The van der Waals surface area contributed by atoms with E-state index in [4.69, 9.17) is 33.2 Å². The quantitative estimate of drug-likeness (QED) is 0.346. The molecule has 3 fully saturated rings. The Morgan fingerprint density at radius 1 is 1.10 bits per heavy atom. The molecule has 3 heterocycles. The molecule has 1 saturated carbocycles. The van der Waals surface area contributed by atoms with Crippen LogP contribution in [0.4, 0.5) is 16.2 Å². The predicted molar refractivity (Wildman–Crippen MR) is 152 cm³/mol.